The van der Waals surface area contributed by atoms with Crippen molar-refractivity contribution in [2.24, 2.45) is 5.92 Å². The molecule has 2 heterocycles. The molecule has 1 saturated heterocycles. The molecule has 7 nitrogen and oxygen atoms in total. The van der Waals surface area contributed by atoms with Gasteiger partial charge in [0.25, 0.3) is 10.0 Å². The molecule has 20 heavy (non-hydrogen) atoms. The van der Waals surface area contributed by atoms with E-state index in [9.17, 15) is 18.0 Å². The molecule has 1 aromatic rings. The maximum atomic E-state index is 12.3. The predicted molar refractivity (Wildman–Crippen MR) is 70.2 cm³/mol. The van der Waals surface area contributed by atoms with Crippen LogP contribution in [-0.4, -0.2) is 50.0 Å². The fourth-order valence-electron chi connectivity index (χ4n) is 2.00. The van der Waals surface area contributed by atoms with Gasteiger partial charge in [0.1, 0.15) is 4.21 Å². The van der Waals surface area contributed by atoms with E-state index in [-0.39, 0.29) is 22.9 Å². The topological polar surface area (TPSA) is 101 Å². The number of nitrogens with zero attached hydrogens (tertiary/aromatic N) is 1. The number of ether oxygens (including phenoxy) is 1. The van der Waals surface area contributed by atoms with Crippen LogP contribution in [0.15, 0.2) is 15.7 Å². The van der Waals surface area contributed by atoms with Crippen molar-refractivity contribution in [3.05, 3.63) is 17.0 Å². The van der Waals surface area contributed by atoms with Crippen molar-refractivity contribution in [3.63, 3.8) is 0 Å². The number of aromatic carboxylic acids is 1. The molecule has 110 valence electrons. The van der Waals surface area contributed by atoms with Gasteiger partial charge in [-0.25, -0.2) is 13.2 Å². The van der Waals surface area contributed by atoms with Crippen LogP contribution in [0.4, 0.5) is 0 Å². The normalized spacial score (nSPS) is 19.9. The van der Waals surface area contributed by atoms with Crippen molar-refractivity contribution in [3.8, 4) is 0 Å². The van der Waals surface area contributed by atoms with Crippen LogP contribution in [0.25, 0.3) is 0 Å². The van der Waals surface area contributed by atoms with Gasteiger partial charge < -0.3 is 9.84 Å². The van der Waals surface area contributed by atoms with Crippen molar-refractivity contribution in [2.75, 3.05) is 20.2 Å². The lowest BCUT2D eigenvalue weighted by molar-refractivity contribution is -0.144. The van der Waals surface area contributed by atoms with Gasteiger partial charge in [-0.05, 0) is 12.5 Å². The van der Waals surface area contributed by atoms with Crippen LogP contribution < -0.4 is 0 Å². The lowest BCUT2D eigenvalue weighted by atomic mass is 10.1. The fraction of sp³-hybridized carbons (Fsp3) is 0.455. The number of carbonyl (C=O) groups excluding carboxylic acids is 1. The molecule has 0 aromatic carbocycles. The number of carbonyl (C=O) groups is 2. The molecule has 2 rings (SSSR count). The smallest absolute Gasteiger partial charge is 0.336 e. The van der Waals surface area contributed by atoms with Crippen LogP contribution in [-0.2, 0) is 19.6 Å². The van der Waals surface area contributed by atoms with Crippen LogP contribution in [0, 0.1) is 5.92 Å². The SMILES string of the molecule is COC(=O)C1CCN(S(=O)(=O)c2cc(C(=O)O)cs2)C1. The van der Waals surface area contributed by atoms with Gasteiger partial charge >= 0.3 is 11.9 Å². The largest absolute Gasteiger partial charge is 0.478 e. The van der Waals surface area contributed by atoms with Crippen LogP contribution in [0.3, 0.4) is 0 Å². The minimum absolute atomic E-state index is 0.0274. The number of sulfonamides is 1. The van der Waals surface area contributed by atoms with Gasteiger partial charge in [-0.15, -0.1) is 11.3 Å². The molecule has 9 heteroatoms. The highest BCUT2D eigenvalue weighted by atomic mass is 32.2. The van der Waals surface area contributed by atoms with Crippen molar-refractivity contribution >= 4 is 33.3 Å². The lowest BCUT2D eigenvalue weighted by Crippen LogP contribution is -2.29. The Balaban J connectivity index is 2.19. The van der Waals surface area contributed by atoms with Gasteiger partial charge in [-0.3, -0.25) is 4.79 Å². The molecule has 1 unspecified atom stereocenters. The van der Waals surface area contributed by atoms with Gasteiger partial charge in [-0.2, -0.15) is 4.31 Å². The van der Waals surface area contributed by atoms with Gasteiger partial charge in [0, 0.05) is 18.5 Å². The Morgan fingerprint density at radius 1 is 1.50 bits per heavy atom. The van der Waals surface area contributed by atoms with Crippen molar-refractivity contribution in [1.82, 2.24) is 4.31 Å². The summed E-state index contributed by atoms with van der Waals surface area (Å²) in [6, 6.07) is 1.13. The number of hydrogen-bond donors (Lipinski definition) is 1. The fourth-order valence-corrected chi connectivity index (χ4v) is 4.80. The van der Waals surface area contributed by atoms with Crippen molar-refractivity contribution in [2.45, 2.75) is 10.6 Å². The molecule has 1 N–H and O–H groups in total. The summed E-state index contributed by atoms with van der Waals surface area (Å²) in [7, 11) is -2.48. The second-order valence-electron chi connectivity index (χ2n) is 4.33. The molecule has 0 amide bonds. The Labute approximate surface area is 119 Å². The highest BCUT2D eigenvalue weighted by molar-refractivity contribution is 7.91. The summed E-state index contributed by atoms with van der Waals surface area (Å²) in [6.07, 6.45) is 0.406. The third-order valence-electron chi connectivity index (χ3n) is 3.10. The number of esters is 1. The number of methoxy groups -OCH3 is 1. The van der Waals surface area contributed by atoms with E-state index in [1.807, 2.05) is 0 Å². The maximum Gasteiger partial charge on any atom is 0.336 e. The minimum Gasteiger partial charge on any atom is -0.478 e. The van der Waals surface area contributed by atoms with E-state index < -0.39 is 27.9 Å². The molecule has 0 radical (unpaired) electrons. The molecule has 0 spiro atoms. The third kappa shape index (κ3) is 2.69. The zero-order chi connectivity index (χ0) is 14.9. The van der Waals surface area contributed by atoms with Crippen molar-refractivity contribution in [1.29, 1.82) is 0 Å². The summed E-state index contributed by atoms with van der Waals surface area (Å²) in [5, 5.41) is 10.1. The highest BCUT2D eigenvalue weighted by Gasteiger charge is 2.37. The maximum absolute atomic E-state index is 12.3. The molecular formula is C11H13NO6S2. The summed E-state index contributed by atoms with van der Waals surface area (Å²) in [5.74, 6) is -2.06. The second-order valence-corrected chi connectivity index (χ2v) is 7.41. The Morgan fingerprint density at radius 3 is 2.75 bits per heavy atom. The molecule has 1 aromatic heterocycles. The van der Waals surface area contributed by atoms with Crippen LogP contribution in [0.2, 0.25) is 0 Å². The number of hydrogen-bond acceptors (Lipinski definition) is 6. The van der Waals surface area contributed by atoms with E-state index in [0.717, 1.165) is 17.4 Å². The predicted octanol–water partition coefficient (Wildman–Crippen LogP) is 0.630. The summed E-state index contributed by atoms with van der Waals surface area (Å²) >= 11 is 0.860. The zero-order valence-electron chi connectivity index (χ0n) is 10.6. The standard InChI is InChI=1S/C11H13NO6S2/c1-18-11(15)7-2-3-12(5-7)20(16,17)9-4-8(6-19-9)10(13)14/h4,6-7H,2-3,5H2,1H3,(H,13,14). The summed E-state index contributed by atoms with van der Waals surface area (Å²) in [4.78, 5) is 22.2. The molecule has 0 aliphatic carbocycles. The van der Waals surface area contributed by atoms with Crippen LogP contribution >= 0.6 is 11.3 Å². The van der Waals surface area contributed by atoms with E-state index in [1.165, 1.54) is 16.8 Å². The van der Waals surface area contributed by atoms with Crippen LogP contribution in [0.1, 0.15) is 16.8 Å². The summed E-state index contributed by atoms with van der Waals surface area (Å²) in [6.45, 7) is 0.289. The number of carboxylic acid groups (broad SMARTS) is 1. The Hall–Kier alpha value is -1.45. The second kappa shape index (κ2) is 5.51. The molecule has 1 atom stereocenters. The van der Waals surface area contributed by atoms with Gasteiger partial charge in [-0.1, -0.05) is 0 Å². The van der Waals surface area contributed by atoms with Gasteiger partial charge in [0.2, 0.25) is 0 Å². The number of thiophene rings is 1. The number of rotatable bonds is 4. The molecular weight excluding hydrogens is 306 g/mol. The number of carboxylic acids is 1. The first-order valence-electron chi connectivity index (χ1n) is 5.76. The van der Waals surface area contributed by atoms with E-state index in [2.05, 4.69) is 4.74 Å². The first-order chi connectivity index (χ1) is 9.36. The average molecular weight is 319 g/mol. The summed E-state index contributed by atoms with van der Waals surface area (Å²) in [5.41, 5.74) is -0.0581. The molecule has 0 saturated carbocycles. The Kier molecular flexibility index (Phi) is 4.11. The monoisotopic (exact) mass is 319 g/mol. The molecule has 1 aliphatic heterocycles. The Morgan fingerprint density at radius 2 is 2.20 bits per heavy atom. The van der Waals surface area contributed by atoms with E-state index in [1.54, 1.807) is 0 Å². The molecule has 1 aliphatic rings. The first-order valence-corrected chi connectivity index (χ1v) is 8.08. The van der Waals surface area contributed by atoms with Gasteiger partial charge in [0.15, 0.2) is 0 Å². The Bertz CT molecular complexity index is 635. The quantitative estimate of drug-likeness (QED) is 0.817. The highest BCUT2D eigenvalue weighted by Crippen LogP contribution is 2.28. The molecule has 1 fully saturated rings. The molecule has 0 bridgehead atoms. The first kappa shape index (κ1) is 14.9. The third-order valence-corrected chi connectivity index (χ3v) is 6.38. The zero-order valence-corrected chi connectivity index (χ0v) is 12.2. The van der Waals surface area contributed by atoms with Crippen molar-refractivity contribution < 1.29 is 27.9 Å². The van der Waals surface area contributed by atoms with E-state index in [0.29, 0.717) is 6.42 Å². The van der Waals surface area contributed by atoms with Gasteiger partial charge in [0.05, 0.1) is 18.6 Å². The van der Waals surface area contributed by atoms with Crippen LogP contribution in [0.5, 0.6) is 0 Å². The van der Waals surface area contributed by atoms with E-state index in [4.69, 9.17) is 5.11 Å². The average Bonchev–Trinajstić information content (AvgIpc) is 3.06. The summed E-state index contributed by atoms with van der Waals surface area (Å²) < 4.78 is 30.4. The lowest BCUT2D eigenvalue weighted by Gasteiger charge is -2.14. The minimum atomic E-state index is -3.75. The van der Waals surface area contributed by atoms with E-state index >= 15 is 0 Å².